The number of halogens is 2. The first-order chi connectivity index (χ1) is 14.4. The molecule has 0 radical (unpaired) electrons. The van der Waals surface area contributed by atoms with Gasteiger partial charge in [-0.25, -0.2) is 4.79 Å². The van der Waals surface area contributed by atoms with Gasteiger partial charge in [-0.15, -0.1) is 0 Å². The molecule has 0 heterocycles. The summed E-state index contributed by atoms with van der Waals surface area (Å²) in [5, 5.41) is 9.92. The summed E-state index contributed by atoms with van der Waals surface area (Å²) >= 11 is 9.36. The third-order valence-electron chi connectivity index (χ3n) is 3.93. The minimum Gasteiger partial charge on any atom is -0.508 e. The summed E-state index contributed by atoms with van der Waals surface area (Å²) in [4.78, 5) is 16.6. The Labute approximate surface area is 187 Å². The van der Waals surface area contributed by atoms with Crippen molar-refractivity contribution in [2.24, 2.45) is 4.99 Å². The lowest BCUT2D eigenvalue weighted by Gasteiger charge is -2.11. The molecule has 0 aliphatic heterocycles. The van der Waals surface area contributed by atoms with Crippen molar-refractivity contribution in [3.63, 3.8) is 0 Å². The molecule has 0 aromatic heterocycles. The number of methoxy groups -OCH3 is 1. The summed E-state index contributed by atoms with van der Waals surface area (Å²) < 4.78 is 11.4. The normalized spacial score (nSPS) is 11.2. The van der Waals surface area contributed by atoms with Crippen molar-refractivity contribution < 1.29 is 19.4 Å². The van der Waals surface area contributed by atoms with E-state index >= 15 is 0 Å². The molecule has 0 bridgehead atoms. The highest BCUT2D eigenvalue weighted by Gasteiger charge is 2.14. The fourth-order valence-electron chi connectivity index (χ4n) is 2.51. The fourth-order valence-corrected chi connectivity index (χ4v) is 3.25. The van der Waals surface area contributed by atoms with Crippen LogP contribution in [0.2, 0.25) is 5.02 Å². The lowest BCUT2D eigenvalue weighted by Crippen LogP contribution is -2.06. The van der Waals surface area contributed by atoms with E-state index in [-0.39, 0.29) is 11.5 Å². The van der Waals surface area contributed by atoms with Gasteiger partial charge in [0.25, 0.3) is 0 Å². The van der Waals surface area contributed by atoms with E-state index in [0.717, 1.165) is 11.1 Å². The molecule has 0 saturated carbocycles. The van der Waals surface area contributed by atoms with Crippen molar-refractivity contribution in [1.29, 1.82) is 0 Å². The molecular formula is C23H17BrClNO4. The molecule has 3 aromatic carbocycles. The maximum atomic E-state index is 12.2. The van der Waals surface area contributed by atoms with Gasteiger partial charge in [0.1, 0.15) is 5.75 Å². The predicted octanol–water partition coefficient (Wildman–Crippen LogP) is 6.19. The van der Waals surface area contributed by atoms with Crippen LogP contribution in [-0.2, 0) is 4.79 Å². The van der Waals surface area contributed by atoms with Crippen molar-refractivity contribution in [3.05, 3.63) is 87.4 Å². The van der Waals surface area contributed by atoms with Crippen LogP contribution in [0.5, 0.6) is 17.2 Å². The van der Waals surface area contributed by atoms with Crippen LogP contribution in [0.15, 0.2) is 76.2 Å². The molecule has 5 nitrogen and oxygen atoms in total. The van der Waals surface area contributed by atoms with E-state index in [9.17, 15) is 9.90 Å². The maximum Gasteiger partial charge on any atom is 0.336 e. The van der Waals surface area contributed by atoms with Crippen molar-refractivity contribution in [2.45, 2.75) is 0 Å². The van der Waals surface area contributed by atoms with E-state index in [1.165, 1.54) is 13.2 Å². The van der Waals surface area contributed by atoms with E-state index in [4.69, 9.17) is 21.1 Å². The van der Waals surface area contributed by atoms with Gasteiger partial charge in [0.15, 0.2) is 11.5 Å². The number of aliphatic imine (C=N–C) groups is 1. The third-order valence-corrected chi connectivity index (χ3v) is 4.75. The number of ether oxygens (including phenoxy) is 2. The zero-order valence-electron chi connectivity index (χ0n) is 15.9. The zero-order valence-corrected chi connectivity index (χ0v) is 18.2. The maximum absolute atomic E-state index is 12.2. The molecule has 7 heteroatoms. The van der Waals surface area contributed by atoms with E-state index in [0.29, 0.717) is 20.9 Å². The first-order valence-electron chi connectivity index (χ1n) is 8.80. The van der Waals surface area contributed by atoms with Gasteiger partial charge in [-0.3, -0.25) is 4.99 Å². The molecule has 0 spiro atoms. The summed E-state index contributed by atoms with van der Waals surface area (Å²) in [6.07, 6.45) is 4.58. The van der Waals surface area contributed by atoms with E-state index in [1.807, 2.05) is 6.07 Å². The second kappa shape index (κ2) is 10.1. The number of nitrogens with zero attached hydrogens (tertiary/aromatic N) is 1. The summed E-state index contributed by atoms with van der Waals surface area (Å²) in [5.74, 6) is 0.259. The molecule has 0 aliphatic rings. The first kappa shape index (κ1) is 21.6. The summed E-state index contributed by atoms with van der Waals surface area (Å²) in [6, 6.07) is 17.1. The largest absolute Gasteiger partial charge is 0.508 e. The molecule has 0 saturated heterocycles. The highest BCUT2D eigenvalue weighted by molar-refractivity contribution is 9.10. The Kier molecular flexibility index (Phi) is 7.27. The second-order valence-electron chi connectivity index (χ2n) is 6.12. The average molecular weight is 487 g/mol. The van der Waals surface area contributed by atoms with Crippen molar-refractivity contribution in [3.8, 4) is 17.2 Å². The van der Waals surface area contributed by atoms with Crippen LogP contribution in [0.1, 0.15) is 11.1 Å². The Hall–Kier alpha value is -3.09. The Morgan fingerprint density at radius 2 is 1.87 bits per heavy atom. The molecule has 30 heavy (non-hydrogen) atoms. The van der Waals surface area contributed by atoms with Gasteiger partial charge in [0.2, 0.25) is 0 Å². The van der Waals surface area contributed by atoms with Crippen LogP contribution in [0.4, 0.5) is 5.69 Å². The molecule has 152 valence electrons. The van der Waals surface area contributed by atoms with Crippen LogP contribution in [0, 0.1) is 0 Å². The first-order valence-corrected chi connectivity index (χ1v) is 9.98. The fraction of sp³-hybridized carbons (Fsp3) is 0.0435. The molecule has 0 aliphatic carbocycles. The second-order valence-corrected chi connectivity index (χ2v) is 7.41. The molecule has 3 aromatic rings. The quantitative estimate of drug-likeness (QED) is 0.195. The minimum absolute atomic E-state index is 0.175. The van der Waals surface area contributed by atoms with Crippen molar-refractivity contribution in [1.82, 2.24) is 0 Å². The number of esters is 1. The van der Waals surface area contributed by atoms with Gasteiger partial charge in [0, 0.05) is 17.3 Å². The van der Waals surface area contributed by atoms with Crippen LogP contribution < -0.4 is 9.47 Å². The molecule has 0 unspecified atom stereocenters. The van der Waals surface area contributed by atoms with E-state index in [1.54, 1.807) is 66.9 Å². The van der Waals surface area contributed by atoms with Crippen molar-refractivity contribution >= 4 is 51.5 Å². The lowest BCUT2D eigenvalue weighted by molar-refractivity contribution is -0.129. The third kappa shape index (κ3) is 5.95. The number of benzene rings is 3. The Morgan fingerprint density at radius 3 is 2.57 bits per heavy atom. The Morgan fingerprint density at radius 1 is 1.10 bits per heavy atom. The van der Waals surface area contributed by atoms with Crippen LogP contribution in [-0.4, -0.2) is 24.4 Å². The van der Waals surface area contributed by atoms with Gasteiger partial charge in [-0.2, -0.15) is 0 Å². The van der Waals surface area contributed by atoms with Crippen LogP contribution >= 0.6 is 27.5 Å². The monoisotopic (exact) mass is 485 g/mol. The van der Waals surface area contributed by atoms with Gasteiger partial charge >= 0.3 is 5.97 Å². The van der Waals surface area contributed by atoms with E-state index in [2.05, 4.69) is 20.9 Å². The molecule has 0 amide bonds. The molecule has 1 N–H and O–H groups in total. The number of phenols is 1. The molecule has 0 atom stereocenters. The number of phenolic OH excluding ortho intramolecular Hbond substituents is 1. The van der Waals surface area contributed by atoms with Crippen LogP contribution in [0.25, 0.3) is 6.08 Å². The minimum atomic E-state index is -0.556. The number of carbonyl (C=O) groups is 1. The van der Waals surface area contributed by atoms with E-state index < -0.39 is 5.97 Å². The van der Waals surface area contributed by atoms with Gasteiger partial charge in [0.05, 0.1) is 17.3 Å². The number of rotatable bonds is 6. The van der Waals surface area contributed by atoms with Gasteiger partial charge < -0.3 is 14.6 Å². The highest BCUT2D eigenvalue weighted by atomic mass is 79.9. The Balaban J connectivity index is 1.76. The molecular weight excluding hydrogens is 470 g/mol. The average Bonchev–Trinajstić information content (AvgIpc) is 2.73. The topological polar surface area (TPSA) is 68.1 Å². The van der Waals surface area contributed by atoms with Crippen molar-refractivity contribution in [2.75, 3.05) is 7.11 Å². The standard InChI is InChI=1S/C23H17BrClNO4/c1-29-21-13-16(14-26-18-6-8-19(27)9-7-18)12-20(24)23(21)30-22(28)10-5-15-3-2-4-17(25)11-15/h2-14,27H,1H3. The number of hydrogen-bond acceptors (Lipinski definition) is 5. The zero-order chi connectivity index (χ0) is 21.5. The molecule has 0 fully saturated rings. The summed E-state index contributed by atoms with van der Waals surface area (Å²) in [5.41, 5.74) is 2.21. The Bertz CT molecular complexity index is 1110. The summed E-state index contributed by atoms with van der Waals surface area (Å²) in [7, 11) is 1.49. The predicted molar refractivity (Wildman–Crippen MR) is 122 cm³/mol. The van der Waals surface area contributed by atoms with Gasteiger partial charge in [-0.05, 0) is 81.7 Å². The molecule has 3 rings (SSSR count). The lowest BCUT2D eigenvalue weighted by atomic mass is 10.2. The SMILES string of the molecule is COc1cc(C=Nc2ccc(O)cc2)cc(Br)c1OC(=O)C=Cc1cccc(Cl)c1. The van der Waals surface area contributed by atoms with Crippen LogP contribution in [0.3, 0.4) is 0 Å². The van der Waals surface area contributed by atoms with Gasteiger partial charge in [-0.1, -0.05) is 23.7 Å². The number of aromatic hydroxyl groups is 1. The smallest absolute Gasteiger partial charge is 0.336 e. The summed E-state index contributed by atoms with van der Waals surface area (Å²) in [6.45, 7) is 0. The highest BCUT2D eigenvalue weighted by Crippen LogP contribution is 2.36. The number of carbonyl (C=O) groups excluding carboxylic acids is 1. The number of hydrogen-bond donors (Lipinski definition) is 1.